The number of rotatable bonds is 4. The standard InChI is InChI=1S/C13H23N3O4/c1-13(11(18)19)5-8-16(9-6-13)12(20)14-7-4-10(17)15(2)3/h4-9H2,1-3H3,(H,14,20)(H,18,19). The molecule has 7 heteroatoms. The maximum absolute atomic E-state index is 11.9. The number of hydrogen-bond acceptors (Lipinski definition) is 3. The Morgan fingerprint density at radius 1 is 1.25 bits per heavy atom. The number of urea groups is 1. The molecule has 114 valence electrons. The summed E-state index contributed by atoms with van der Waals surface area (Å²) in [6.45, 7) is 2.86. The first-order valence-electron chi connectivity index (χ1n) is 6.72. The lowest BCUT2D eigenvalue weighted by molar-refractivity contribution is -0.150. The van der Waals surface area contributed by atoms with Crippen molar-refractivity contribution in [3.8, 4) is 0 Å². The topological polar surface area (TPSA) is 90.0 Å². The number of piperidine rings is 1. The number of amides is 3. The van der Waals surface area contributed by atoms with Gasteiger partial charge in [0.15, 0.2) is 0 Å². The lowest BCUT2D eigenvalue weighted by Crippen LogP contribution is -2.49. The Morgan fingerprint density at radius 3 is 2.25 bits per heavy atom. The number of likely N-dealkylation sites (tertiary alicyclic amines) is 1. The highest BCUT2D eigenvalue weighted by atomic mass is 16.4. The number of nitrogens with one attached hydrogen (secondary N) is 1. The number of carboxylic acids is 1. The number of carbonyl (C=O) groups excluding carboxylic acids is 2. The molecule has 1 rings (SSSR count). The fraction of sp³-hybridized carbons (Fsp3) is 0.769. The quantitative estimate of drug-likeness (QED) is 0.780. The molecule has 1 heterocycles. The van der Waals surface area contributed by atoms with Crippen LogP contribution in [0.5, 0.6) is 0 Å². The molecular formula is C13H23N3O4. The first-order chi connectivity index (χ1) is 9.26. The molecule has 1 fully saturated rings. The first kappa shape index (κ1) is 16.3. The molecule has 0 aromatic heterocycles. The summed E-state index contributed by atoms with van der Waals surface area (Å²) in [5, 5.41) is 11.8. The number of aliphatic carboxylic acids is 1. The first-order valence-corrected chi connectivity index (χ1v) is 6.72. The van der Waals surface area contributed by atoms with E-state index in [2.05, 4.69) is 5.32 Å². The molecule has 3 amide bonds. The third-order valence-electron chi connectivity index (χ3n) is 3.78. The number of nitrogens with zero attached hydrogens (tertiary/aromatic N) is 2. The van der Waals surface area contributed by atoms with Crippen molar-refractivity contribution in [1.29, 1.82) is 0 Å². The van der Waals surface area contributed by atoms with Crippen molar-refractivity contribution >= 4 is 17.9 Å². The minimum atomic E-state index is -0.811. The van der Waals surface area contributed by atoms with Crippen molar-refractivity contribution in [3.05, 3.63) is 0 Å². The van der Waals surface area contributed by atoms with Crippen LogP contribution in [0, 0.1) is 5.41 Å². The molecular weight excluding hydrogens is 262 g/mol. The van der Waals surface area contributed by atoms with Crippen LogP contribution in [-0.2, 0) is 9.59 Å². The lowest BCUT2D eigenvalue weighted by atomic mass is 9.80. The van der Waals surface area contributed by atoms with Gasteiger partial charge in [-0.05, 0) is 19.8 Å². The fourth-order valence-corrected chi connectivity index (χ4v) is 2.03. The summed E-state index contributed by atoms with van der Waals surface area (Å²) >= 11 is 0. The maximum Gasteiger partial charge on any atom is 0.317 e. The van der Waals surface area contributed by atoms with Crippen molar-refractivity contribution < 1.29 is 19.5 Å². The van der Waals surface area contributed by atoms with E-state index in [0.29, 0.717) is 32.5 Å². The van der Waals surface area contributed by atoms with Gasteiger partial charge in [0.2, 0.25) is 5.91 Å². The van der Waals surface area contributed by atoms with E-state index >= 15 is 0 Å². The van der Waals surface area contributed by atoms with Gasteiger partial charge in [0.1, 0.15) is 0 Å². The summed E-state index contributed by atoms with van der Waals surface area (Å²) < 4.78 is 0. The Kier molecular flexibility index (Phi) is 5.35. The summed E-state index contributed by atoms with van der Waals surface area (Å²) in [4.78, 5) is 37.4. The molecule has 0 saturated carbocycles. The molecule has 1 saturated heterocycles. The second kappa shape index (κ2) is 6.58. The molecule has 7 nitrogen and oxygen atoms in total. The smallest absolute Gasteiger partial charge is 0.317 e. The second-order valence-electron chi connectivity index (χ2n) is 5.62. The highest BCUT2D eigenvalue weighted by Crippen LogP contribution is 2.30. The van der Waals surface area contributed by atoms with Crippen LogP contribution in [0.15, 0.2) is 0 Å². The van der Waals surface area contributed by atoms with Crippen molar-refractivity contribution in [2.75, 3.05) is 33.7 Å². The van der Waals surface area contributed by atoms with Crippen molar-refractivity contribution in [2.24, 2.45) is 5.41 Å². The average Bonchev–Trinajstić information content (AvgIpc) is 2.38. The number of hydrogen-bond donors (Lipinski definition) is 2. The second-order valence-corrected chi connectivity index (χ2v) is 5.62. The minimum Gasteiger partial charge on any atom is -0.481 e. The molecule has 0 bridgehead atoms. The van der Waals surface area contributed by atoms with Gasteiger partial charge in [-0.15, -0.1) is 0 Å². The highest BCUT2D eigenvalue weighted by molar-refractivity contribution is 5.78. The summed E-state index contributed by atoms with van der Waals surface area (Å²) in [5.74, 6) is -0.850. The number of carbonyl (C=O) groups is 3. The summed E-state index contributed by atoms with van der Waals surface area (Å²) in [7, 11) is 3.34. The maximum atomic E-state index is 11.9. The van der Waals surface area contributed by atoms with Gasteiger partial charge in [-0.25, -0.2) is 4.79 Å². The number of carboxylic acid groups (broad SMARTS) is 1. The SMILES string of the molecule is CN(C)C(=O)CCNC(=O)N1CCC(C)(C(=O)O)CC1. The van der Waals surface area contributed by atoms with Crippen LogP contribution in [0.25, 0.3) is 0 Å². The van der Waals surface area contributed by atoms with E-state index in [4.69, 9.17) is 5.11 Å². The van der Waals surface area contributed by atoms with Crippen molar-refractivity contribution in [3.63, 3.8) is 0 Å². The van der Waals surface area contributed by atoms with Gasteiger partial charge in [0.25, 0.3) is 0 Å². The third-order valence-corrected chi connectivity index (χ3v) is 3.78. The molecule has 1 aliphatic rings. The molecule has 0 aromatic carbocycles. The molecule has 0 aliphatic carbocycles. The van der Waals surface area contributed by atoms with E-state index in [-0.39, 0.29) is 18.4 Å². The fourth-order valence-electron chi connectivity index (χ4n) is 2.03. The molecule has 1 aliphatic heterocycles. The van der Waals surface area contributed by atoms with Gasteiger partial charge in [-0.2, -0.15) is 0 Å². The van der Waals surface area contributed by atoms with E-state index in [9.17, 15) is 14.4 Å². The van der Waals surface area contributed by atoms with Gasteiger partial charge in [-0.3, -0.25) is 9.59 Å². The molecule has 0 atom stereocenters. The van der Waals surface area contributed by atoms with Crippen LogP contribution in [0.3, 0.4) is 0 Å². The van der Waals surface area contributed by atoms with Crippen LogP contribution in [0.1, 0.15) is 26.2 Å². The van der Waals surface area contributed by atoms with E-state index in [0.717, 1.165) is 0 Å². The molecule has 0 aromatic rings. The molecule has 0 spiro atoms. The predicted molar refractivity (Wildman–Crippen MR) is 73.3 cm³/mol. The van der Waals surface area contributed by atoms with Gasteiger partial charge in [0, 0.05) is 40.2 Å². The molecule has 20 heavy (non-hydrogen) atoms. The van der Waals surface area contributed by atoms with Crippen LogP contribution in [-0.4, -0.2) is 66.5 Å². The van der Waals surface area contributed by atoms with Crippen LogP contribution < -0.4 is 5.32 Å². The van der Waals surface area contributed by atoms with E-state index in [1.54, 1.807) is 25.9 Å². The Balaban J connectivity index is 2.33. The van der Waals surface area contributed by atoms with E-state index in [1.165, 1.54) is 4.90 Å². The predicted octanol–water partition coefficient (Wildman–Crippen LogP) is 0.361. The zero-order chi connectivity index (χ0) is 15.3. The Labute approximate surface area is 118 Å². The minimum absolute atomic E-state index is 0.0394. The van der Waals surface area contributed by atoms with Crippen LogP contribution in [0.2, 0.25) is 0 Å². The molecule has 0 unspecified atom stereocenters. The van der Waals surface area contributed by atoms with Crippen molar-refractivity contribution in [1.82, 2.24) is 15.1 Å². The monoisotopic (exact) mass is 285 g/mol. The highest BCUT2D eigenvalue weighted by Gasteiger charge is 2.37. The zero-order valence-corrected chi connectivity index (χ0v) is 12.3. The largest absolute Gasteiger partial charge is 0.481 e. The molecule has 0 radical (unpaired) electrons. The Morgan fingerprint density at radius 2 is 1.80 bits per heavy atom. The summed E-state index contributed by atoms with van der Waals surface area (Å²) in [6.07, 6.45) is 1.16. The Bertz CT molecular complexity index is 387. The van der Waals surface area contributed by atoms with Gasteiger partial charge in [-0.1, -0.05) is 0 Å². The van der Waals surface area contributed by atoms with E-state index in [1.807, 2.05) is 0 Å². The van der Waals surface area contributed by atoms with Gasteiger partial charge < -0.3 is 20.2 Å². The Hall–Kier alpha value is -1.79. The van der Waals surface area contributed by atoms with Crippen LogP contribution >= 0.6 is 0 Å². The third kappa shape index (κ3) is 4.11. The van der Waals surface area contributed by atoms with Crippen LogP contribution in [0.4, 0.5) is 4.79 Å². The van der Waals surface area contributed by atoms with Gasteiger partial charge >= 0.3 is 12.0 Å². The summed E-state index contributed by atoms with van der Waals surface area (Å²) in [6, 6.07) is -0.232. The summed E-state index contributed by atoms with van der Waals surface area (Å²) in [5.41, 5.74) is -0.738. The lowest BCUT2D eigenvalue weighted by Gasteiger charge is -2.36. The van der Waals surface area contributed by atoms with E-state index < -0.39 is 11.4 Å². The average molecular weight is 285 g/mol. The normalized spacial score (nSPS) is 17.4. The van der Waals surface area contributed by atoms with Crippen molar-refractivity contribution in [2.45, 2.75) is 26.2 Å². The molecule has 2 N–H and O–H groups in total. The zero-order valence-electron chi connectivity index (χ0n) is 12.3. The van der Waals surface area contributed by atoms with Gasteiger partial charge in [0.05, 0.1) is 5.41 Å².